The number of hydrogen-bond acceptors (Lipinski definition) is 4. The van der Waals surface area contributed by atoms with Crippen molar-refractivity contribution in [2.45, 2.75) is 27.2 Å². The second kappa shape index (κ2) is 2.73. The molecule has 2 saturated carbocycles. The molecule has 78 valence electrons. The minimum Gasteiger partial charge on any atom is -0.411 e. The van der Waals surface area contributed by atoms with Crippen molar-refractivity contribution in [3.05, 3.63) is 11.3 Å². The fourth-order valence-corrected chi connectivity index (χ4v) is 2.80. The SMILES string of the molecule is CC(NO)=C1C(=NO)CC2C1C2(C)C. The van der Waals surface area contributed by atoms with Gasteiger partial charge in [-0.25, -0.2) is 0 Å². The van der Waals surface area contributed by atoms with Gasteiger partial charge in [-0.3, -0.25) is 10.7 Å². The largest absolute Gasteiger partial charge is 0.411 e. The van der Waals surface area contributed by atoms with Crippen molar-refractivity contribution in [3.8, 4) is 0 Å². The molecule has 0 bridgehead atoms. The Balaban J connectivity index is 2.38. The van der Waals surface area contributed by atoms with Gasteiger partial charge in [-0.05, 0) is 30.6 Å². The Labute approximate surface area is 83.3 Å². The second-order valence-electron chi connectivity index (χ2n) is 4.81. The molecule has 2 fully saturated rings. The highest BCUT2D eigenvalue weighted by atomic mass is 16.5. The van der Waals surface area contributed by atoms with E-state index in [1.807, 2.05) is 0 Å². The minimum atomic E-state index is 0.293. The van der Waals surface area contributed by atoms with Crippen LogP contribution < -0.4 is 5.48 Å². The molecular formula is C10H16N2O2. The van der Waals surface area contributed by atoms with E-state index in [1.54, 1.807) is 6.92 Å². The Morgan fingerprint density at radius 1 is 1.57 bits per heavy atom. The van der Waals surface area contributed by atoms with E-state index in [0.717, 1.165) is 17.7 Å². The van der Waals surface area contributed by atoms with E-state index < -0.39 is 0 Å². The van der Waals surface area contributed by atoms with Crippen LogP contribution in [0.3, 0.4) is 0 Å². The fourth-order valence-electron chi connectivity index (χ4n) is 2.80. The number of nitrogens with one attached hydrogen (secondary N) is 1. The predicted octanol–water partition coefficient (Wildman–Crippen LogP) is 1.75. The number of fused-ring (bicyclic) bond motifs is 1. The maximum atomic E-state index is 8.87. The Hall–Kier alpha value is -1.03. The maximum absolute atomic E-state index is 8.87. The van der Waals surface area contributed by atoms with Gasteiger partial charge in [0.15, 0.2) is 0 Å². The zero-order valence-electron chi connectivity index (χ0n) is 8.70. The molecular weight excluding hydrogens is 180 g/mol. The normalized spacial score (nSPS) is 39.6. The third-order valence-electron chi connectivity index (χ3n) is 3.78. The van der Waals surface area contributed by atoms with Crippen molar-refractivity contribution in [1.82, 2.24) is 5.48 Å². The summed E-state index contributed by atoms with van der Waals surface area (Å²) in [4.78, 5) is 0. The second-order valence-corrected chi connectivity index (χ2v) is 4.81. The monoisotopic (exact) mass is 196 g/mol. The Kier molecular flexibility index (Phi) is 1.86. The predicted molar refractivity (Wildman–Crippen MR) is 52.2 cm³/mol. The van der Waals surface area contributed by atoms with Gasteiger partial charge in [0.1, 0.15) is 0 Å². The summed E-state index contributed by atoms with van der Waals surface area (Å²) in [6.45, 7) is 6.22. The van der Waals surface area contributed by atoms with Gasteiger partial charge in [-0.2, -0.15) is 0 Å². The van der Waals surface area contributed by atoms with Gasteiger partial charge in [-0.15, -0.1) is 0 Å². The number of nitrogens with zero attached hydrogens (tertiary/aromatic N) is 1. The molecule has 2 rings (SSSR count). The summed E-state index contributed by atoms with van der Waals surface area (Å²) >= 11 is 0. The van der Waals surface area contributed by atoms with E-state index in [2.05, 4.69) is 24.5 Å². The van der Waals surface area contributed by atoms with Crippen molar-refractivity contribution in [2.24, 2.45) is 22.4 Å². The zero-order valence-corrected chi connectivity index (χ0v) is 8.70. The first-order valence-corrected chi connectivity index (χ1v) is 4.86. The van der Waals surface area contributed by atoms with Gasteiger partial charge in [-0.1, -0.05) is 19.0 Å². The first kappa shape index (κ1) is 9.52. The molecule has 14 heavy (non-hydrogen) atoms. The zero-order chi connectivity index (χ0) is 10.5. The Morgan fingerprint density at radius 2 is 2.21 bits per heavy atom. The quantitative estimate of drug-likeness (QED) is 0.442. The van der Waals surface area contributed by atoms with Gasteiger partial charge in [0, 0.05) is 11.3 Å². The number of oxime groups is 1. The highest BCUT2D eigenvalue weighted by Crippen LogP contribution is 2.68. The molecule has 4 heteroatoms. The van der Waals surface area contributed by atoms with Crippen molar-refractivity contribution in [2.75, 3.05) is 0 Å². The van der Waals surface area contributed by atoms with Crippen molar-refractivity contribution in [1.29, 1.82) is 0 Å². The molecule has 3 N–H and O–H groups in total. The molecule has 0 heterocycles. The lowest BCUT2D eigenvalue weighted by Gasteiger charge is -2.13. The van der Waals surface area contributed by atoms with Crippen LogP contribution in [0, 0.1) is 17.3 Å². The molecule has 4 nitrogen and oxygen atoms in total. The molecule has 0 aromatic carbocycles. The lowest BCUT2D eigenvalue weighted by Crippen LogP contribution is -2.15. The van der Waals surface area contributed by atoms with E-state index in [4.69, 9.17) is 10.4 Å². The third-order valence-corrected chi connectivity index (χ3v) is 3.78. The molecule has 0 radical (unpaired) electrons. The smallest absolute Gasteiger partial charge is 0.0851 e. The van der Waals surface area contributed by atoms with Crippen molar-refractivity contribution < 1.29 is 10.4 Å². The average Bonchev–Trinajstić information content (AvgIpc) is 2.57. The summed E-state index contributed by atoms with van der Waals surface area (Å²) in [6.07, 6.45) is 0.822. The Bertz CT molecular complexity index is 331. The van der Waals surface area contributed by atoms with Crippen LogP contribution in [0.4, 0.5) is 0 Å². The molecule has 0 aromatic heterocycles. The lowest BCUT2D eigenvalue weighted by atomic mass is 9.95. The highest BCUT2D eigenvalue weighted by Gasteiger charge is 2.64. The fraction of sp³-hybridized carbons (Fsp3) is 0.700. The first-order valence-electron chi connectivity index (χ1n) is 4.86. The summed E-state index contributed by atoms with van der Waals surface area (Å²) in [7, 11) is 0. The lowest BCUT2D eigenvalue weighted by molar-refractivity contribution is 0.199. The summed E-state index contributed by atoms with van der Waals surface area (Å²) < 4.78 is 0. The topological polar surface area (TPSA) is 64.8 Å². The van der Waals surface area contributed by atoms with Crippen LogP contribution >= 0.6 is 0 Å². The van der Waals surface area contributed by atoms with Crippen LogP contribution in [0.15, 0.2) is 16.4 Å². The van der Waals surface area contributed by atoms with Gasteiger partial charge in [0.25, 0.3) is 0 Å². The van der Waals surface area contributed by atoms with Gasteiger partial charge < -0.3 is 5.21 Å². The highest BCUT2D eigenvalue weighted by molar-refractivity contribution is 6.05. The Morgan fingerprint density at radius 3 is 2.71 bits per heavy atom. The van der Waals surface area contributed by atoms with Crippen LogP contribution in [-0.4, -0.2) is 16.1 Å². The molecule has 2 aliphatic rings. The number of hydroxylamine groups is 1. The number of allylic oxidation sites excluding steroid dienone is 2. The molecule has 0 spiro atoms. The first-order chi connectivity index (χ1) is 6.54. The third kappa shape index (κ3) is 1.00. The summed E-state index contributed by atoms with van der Waals surface area (Å²) in [6, 6.07) is 0. The molecule has 2 atom stereocenters. The summed E-state index contributed by atoms with van der Waals surface area (Å²) in [5.41, 5.74) is 4.86. The molecule has 0 saturated heterocycles. The van der Waals surface area contributed by atoms with Crippen molar-refractivity contribution >= 4 is 5.71 Å². The molecule has 0 amide bonds. The van der Waals surface area contributed by atoms with Crippen LogP contribution in [0.2, 0.25) is 0 Å². The minimum absolute atomic E-state index is 0.293. The van der Waals surface area contributed by atoms with E-state index in [0.29, 0.717) is 22.9 Å². The van der Waals surface area contributed by atoms with Crippen LogP contribution in [-0.2, 0) is 0 Å². The molecule has 2 aliphatic carbocycles. The van der Waals surface area contributed by atoms with E-state index >= 15 is 0 Å². The van der Waals surface area contributed by atoms with E-state index in [1.165, 1.54) is 0 Å². The number of hydrogen-bond donors (Lipinski definition) is 3. The summed E-state index contributed by atoms with van der Waals surface area (Å²) in [5, 5.41) is 21.0. The molecule has 0 aliphatic heterocycles. The van der Waals surface area contributed by atoms with Gasteiger partial charge in [0.2, 0.25) is 0 Å². The van der Waals surface area contributed by atoms with E-state index in [9.17, 15) is 0 Å². The van der Waals surface area contributed by atoms with Gasteiger partial charge in [0.05, 0.1) is 5.71 Å². The number of rotatable bonds is 1. The van der Waals surface area contributed by atoms with E-state index in [-0.39, 0.29) is 0 Å². The van der Waals surface area contributed by atoms with Crippen LogP contribution in [0.25, 0.3) is 0 Å². The maximum Gasteiger partial charge on any atom is 0.0851 e. The summed E-state index contributed by atoms with van der Waals surface area (Å²) in [5.74, 6) is 1.01. The molecule has 2 unspecified atom stereocenters. The average molecular weight is 196 g/mol. The standard InChI is InChI=1S/C10H16N2O2/c1-5(11-13)8-7(12-14)4-6-9(8)10(6,2)3/h6,9,11,13-14H,4H2,1-3H3. The molecule has 0 aromatic rings. The van der Waals surface area contributed by atoms with Gasteiger partial charge >= 0.3 is 0 Å². The van der Waals surface area contributed by atoms with Crippen molar-refractivity contribution in [3.63, 3.8) is 0 Å². The van der Waals surface area contributed by atoms with Crippen LogP contribution in [0.5, 0.6) is 0 Å². The van der Waals surface area contributed by atoms with Crippen LogP contribution in [0.1, 0.15) is 27.2 Å².